The predicted octanol–water partition coefficient (Wildman–Crippen LogP) is 3.85. The fourth-order valence-corrected chi connectivity index (χ4v) is 6.66. The first kappa shape index (κ1) is 26.7. The van der Waals surface area contributed by atoms with E-state index in [1.807, 2.05) is 30.3 Å². The summed E-state index contributed by atoms with van der Waals surface area (Å²) in [6.45, 7) is 4.34. The Balaban J connectivity index is 1.64. The topological polar surface area (TPSA) is 106 Å². The van der Waals surface area contributed by atoms with E-state index >= 15 is 0 Å². The molecule has 1 aromatic heterocycles. The van der Waals surface area contributed by atoms with Gasteiger partial charge in [-0.25, -0.2) is 16.8 Å². The SMILES string of the molecule is C=CCn1c(=NC(=O)c2ccc(S(=O)(=O)N(C)Cc3ccccc3)cc2)sc2cc(S(C)(=O)=O)ccc21. The highest BCUT2D eigenvalue weighted by atomic mass is 32.2. The van der Waals surface area contributed by atoms with Crippen LogP contribution in [0.15, 0.2) is 100 Å². The summed E-state index contributed by atoms with van der Waals surface area (Å²) >= 11 is 1.19. The lowest BCUT2D eigenvalue weighted by Gasteiger charge is -2.17. The number of sulfone groups is 1. The normalized spacial score (nSPS) is 12.8. The molecule has 4 rings (SSSR count). The molecule has 0 saturated heterocycles. The molecular formula is C26H25N3O5S3. The maximum Gasteiger partial charge on any atom is 0.279 e. The number of allylic oxidation sites excluding steroid dienone is 1. The van der Waals surface area contributed by atoms with Crippen LogP contribution in [0.4, 0.5) is 0 Å². The van der Waals surface area contributed by atoms with Gasteiger partial charge in [-0.2, -0.15) is 9.30 Å². The number of rotatable bonds is 8. The van der Waals surface area contributed by atoms with Crippen molar-refractivity contribution in [2.75, 3.05) is 13.3 Å². The van der Waals surface area contributed by atoms with Crippen molar-refractivity contribution >= 4 is 47.3 Å². The van der Waals surface area contributed by atoms with Crippen LogP contribution in [0.3, 0.4) is 0 Å². The summed E-state index contributed by atoms with van der Waals surface area (Å²) in [4.78, 5) is 17.8. The molecule has 1 amide bonds. The Bertz CT molecular complexity index is 1750. The third-order valence-electron chi connectivity index (χ3n) is 5.65. The highest BCUT2D eigenvalue weighted by molar-refractivity contribution is 7.90. The van der Waals surface area contributed by atoms with E-state index in [0.717, 1.165) is 17.3 Å². The number of aromatic nitrogens is 1. The van der Waals surface area contributed by atoms with Gasteiger partial charge in [-0.15, -0.1) is 6.58 Å². The second-order valence-electron chi connectivity index (χ2n) is 8.37. The number of hydrogen-bond donors (Lipinski definition) is 0. The summed E-state index contributed by atoms with van der Waals surface area (Å²) in [5, 5.41) is 0. The smallest absolute Gasteiger partial charge is 0.279 e. The van der Waals surface area contributed by atoms with Crippen LogP contribution < -0.4 is 4.80 Å². The van der Waals surface area contributed by atoms with Crippen LogP contribution in [0.1, 0.15) is 15.9 Å². The molecule has 192 valence electrons. The maximum atomic E-state index is 13.0. The molecule has 8 nitrogen and oxygen atoms in total. The first-order valence-corrected chi connectivity index (χ1v) is 15.3. The molecule has 0 unspecified atom stereocenters. The van der Waals surface area contributed by atoms with Gasteiger partial charge in [0, 0.05) is 32.0 Å². The van der Waals surface area contributed by atoms with Gasteiger partial charge in [0.15, 0.2) is 14.6 Å². The van der Waals surface area contributed by atoms with Crippen molar-refractivity contribution in [3.05, 3.63) is 101 Å². The number of thiazole rings is 1. The van der Waals surface area contributed by atoms with E-state index in [0.29, 0.717) is 16.0 Å². The summed E-state index contributed by atoms with van der Waals surface area (Å²) in [5.41, 5.74) is 1.81. The van der Waals surface area contributed by atoms with Gasteiger partial charge in [0.05, 0.1) is 20.0 Å². The average molecular weight is 556 g/mol. The second kappa shape index (κ2) is 10.5. The summed E-state index contributed by atoms with van der Waals surface area (Å²) in [6.07, 6.45) is 2.80. The van der Waals surface area contributed by atoms with Crippen molar-refractivity contribution in [1.82, 2.24) is 8.87 Å². The summed E-state index contributed by atoms with van der Waals surface area (Å²) in [7, 11) is -5.64. The van der Waals surface area contributed by atoms with Gasteiger partial charge in [-0.3, -0.25) is 4.79 Å². The van der Waals surface area contributed by atoms with Crippen LogP contribution in [-0.4, -0.2) is 44.9 Å². The van der Waals surface area contributed by atoms with E-state index in [4.69, 9.17) is 0 Å². The molecule has 0 fully saturated rings. The zero-order valence-corrected chi connectivity index (χ0v) is 22.7. The Morgan fingerprint density at radius 2 is 1.65 bits per heavy atom. The van der Waals surface area contributed by atoms with Gasteiger partial charge in [0.1, 0.15) is 0 Å². The first-order chi connectivity index (χ1) is 17.5. The van der Waals surface area contributed by atoms with E-state index in [9.17, 15) is 21.6 Å². The first-order valence-electron chi connectivity index (χ1n) is 11.1. The molecule has 1 heterocycles. The van der Waals surface area contributed by atoms with Crippen LogP contribution in [0, 0.1) is 0 Å². The fraction of sp³-hybridized carbons (Fsp3) is 0.154. The van der Waals surface area contributed by atoms with Crippen molar-refractivity contribution in [1.29, 1.82) is 0 Å². The minimum atomic E-state index is -3.76. The number of fused-ring (bicyclic) bond motifs is 1. The lowest BCUT2D eigenvalue weighted by atomic mass is 10.2. The number of carbonyl (C=O) groups is 1. The van der Waals surface area contributed by atoms with Crippen LogP contribution in [0.5, 0.6) is 0 Å². The van der Waals surface area contributed by atoms with Gasteiger partial charge in [0.2, 0.25) is 10.0 Å². The van der Waals surface area contributed by atoms with Crippen LogP contribution in [-0.2, 0) is 33.0 Å². The molecule has 11 heteroatoms. The van der Waals surface area contributed by atoms with E-state index in [-0.39, 0.29) is 21.9 Å². The third-order valence-corrected chi connectivity index (χ3v) is 9.62. The number of hydrogen-bond acceptors (Lipinski definition) is 6. The van der Waals surface area contributed by atoms with E-state index in [2.05, 4.69) is 11.6 Å². The molecule has 0 N–H and O–H groups in total. The Kier molecular flexibility index (Phi) is 7.60. The quantitative estimate of drug-likeness (QED) is 0.307. The summed E-state index contributed by atoms with van der Waals surface area (Å²) < 4.78 is 53.6. The molecule has 0 saturated carbocycles. The fourth-order valence-electron chi connectivity index (χ4n) is 3.70. The second-order valence-corrected chi connectivity index (χ2v) is 13.4. The van der Waals surface area contributed by atoms with E-state index in [1.54, 1.807) is 22.8 Å². The van der Waals surface area contributed by atoms with Crippen molar-refractivity contribution in [3.8, 4) is 0 Å². The van der Waals surface area contributed by atoms with E-state index in [1.165, 1.54) is 53.0 Å². The minimum absolute atomic E-state index is 0.0689. The van der Waals surface area contributed by atoms with Crippen molar-refractivity contribution in [3.63, 3.8) is 0 Å². The molecule has 0 spiro atoms. The largest absolute Gasteiger partial charge is 0.312 e. The van der Waals surface area contributed by atoms with Crippen molar-refractivity contribution in [2.24, 2.45) is 4.99 Å². The van der Waals surface area contributed by atoms with Crippen LogP contribution >= 0.6 is 11.3 Å². The number of benzene rings is 3. The molecule has 4 aromatic rings. The predicted molar refractivity (Wildman–Crippen MR) is 145 cm³/mol. The summed E-state index contributed by atoms with van der Waals surface area (Å²) in [5.74, 6) is -0.547. The molecule has 3 aromatic carbocycles. The lowest BCUT2D eigenvalue weighted by Crippen LogP contribution is -2.26. The highest BCUT2D eigenvalue weighted by Crippen LogP contribution is 2.22. The molecule has 37 heavy (non-hydrogen) atoms. The number of carbonyl (C=O) groups excluding carboxylic acids is 1. The monoisotopic (exact) mass is 555 g/mol. The molecule has 0 radical (unpaired) electrons. The Morgan fingerprint density at radius 1 is 1.00 bits per heavy atom. The molecule has 0 aliphatic rings. The highest BCUT2D eigenvalue weighted by Gasteiger charge is 2.21. The van der Waals surface area contributed by atoms with Crippen LogP contribution in [0.25, 0.3) is 10.2 Å². The van der Waals surface area contributed by atoms with Crippen LogP contribution in [0.2, 0.25) is 0 Å². The van der Waals surface area contributed by atoms with Gasteiger partial charge < -0.3 is 4.57 Å². The number of amides is 1. The molecular weight excluding hydrogens is 531 g/mol. The van der Waals surface area contributed by atoms with Gasteiger partial charge >= 0.3 is 0 Å². The Morgan fingerprint density at radius 3 is 2.27 bits per heavy atom. The van der Waals surface area contributed by atoms with E-state index < -0.39 is 25.8 Å². The third kappa shape index (κ3) is 5.80. The van der Waals surface area contributed by atoms with Crippen molar-refractivity contribution in [2.45, 2.75) is 22.9 Å². The standard InChI is InChI=1S/C26H25N3O5S3/c1-4-16-29-23-15-14-22(36(3,31)32)17-24(23)35-26(29)27-25(30)20-10-12-21(13-11-20)37(33,34)28(2)18-19-8-6-5-7-9-19/h4-15,17H,1,16,18H2,2-3H3. The van der Waals surface area contributed by atoms with Gasteiger partial charge in [-0.1, -0.05) is 47.7 Å². The Labute approximate surface area is 219 Å². The molecule has 0 aliphatic carbocycles. The molecule has 0 bridgehead atoms. The van der Waals surface area contributed by atoms with Gasteiger partial charge in [-0.05, 0) is 48.0 Å². The van der Waals surface area contributed by atoms with Gasteiger partial charge in [0.25, 0.3) is 5.91 Å². The summed E-state index contributed by atoms with van der Waals surface area (Å²) in [6, 6.07) is 19.7. The zero-order valence-electron chi connectivity index (χ0n) is 20.2. The minimum Gasteiger partial charge on any atom is -0.312 e. The number of nitrogens with zero attached hydrogens (tertiary/aromatic N) is 3. The lowest BCUT2D eigenvalue weighted by molar-refractivity contribution is 0.0997. The zero-order chi connectivity index (χ0) is 26.8. The number of sulfonamides is 1. The molecule has 0 aliphatic heterocycles. The maximum absolute atomic E-state index is 13.0. The molecule has 0 atom stereocenters. The Hall–Kier alpha value is -3.38. The van der Waals surface area contributed by atoms with Crippen molar-refractivity contribution < 1.29 is 21.6 Å². The average Bonchev–Trinajstić information content (AvgIpc) is 3.20.